The normalized spacial score (nSPS) is 12.8. The van der Waals surface area contributed by atoms with Crippen molar-refractivity contribution in [3.63, 3.8) is 0 Å². The van der Waals surface area contributed by atoms with Gasteiger partial charge in [-0.3, -0.25) is 0 Å². The molecule has 0 aliphatic rings. The maximum Gasteiger partial charge on any atom is 0.201 e. The Morgan fingerprint density at radius 3 is 1.23 bits per heavy atom. The standard InChI is InChI=1S/C34H42F4O2/c1-5-7-9-11-13-23(3)39-29-21-19-27(31(35)33(29)37)25-15-17-26(18-16-25)28-20-22-30(34(38)32(28)36)40-24(4)14-12-10-8-6-2/h15-24H,5-14H2,1-4H3/t23-,24-/m1/s1. The molecular formula is C34H42F4O2. The van der Waals surface area contributed by atoms with E-state index in [0.717, 1.165) is 64.2 Å². The minimum absolute atomic E-state index is 0.0651. The van der Waals surface area contributed by atoms with Crippen molar-refractivity contribution in [1.82, 2.24) is 0 Å². The molecule has 0 bridgehead atoms. The minimum atomic E-state index is -1.04. The maximum absolute atomic E-state index is 15.0. The molecule has 0 radical (unpaired) electrons. The summed E-state index contributed by atoms with van der Waals surface area (Å²) in [6.07, 6.45) is 9.75. The molecule has 0 unspecified atom stereocenters. The zero-order valence-electron chi connectivity index (χ0n) is 24.2. The predicted molar refractivity (Wildman–Crippen MR) is 155 cm³/mol. The van der Waals surface area contributed by atoms with Crippen LogP contribution in [-0.4, -0.2) is 12.2 Å². The second-order valence-electron chi connectivity index (χ2n) is 10.6. The van der Waals surface area contributed by atoms with Gasteiger partial charge in [-0.2, -0.15) is 8.78 Å². The van der Waals surface area contributed by atoms with E-state index in [1.54, 1.807) is 24.3 Å². The Kier molecular flexibility index (Phi) is 12.4. The number of halogens is 4. The molecule has 0 amide bonds. The van der Waals surface area contributed by atoms with E-state index in [2.05, 4.69) is 13.8 Å². The summed E-state index contributed by atoms with van der Waals surface area (Å²) in [6, 6.07) is 12.1. The molecule has 218 valence electrons. The van der Waals surface area contributed by atoms with Crippen molar-refractivity contribution in [3.8, 4) is 33.8 Å². The van der Waals surface area contributed by atoms with Crippen molar-refractivity contribution in [1.29, 1.82) is 0 Å². The van der Waals surface area contributed by atoms with Gasteiger partial charge in [-0.25, -0.2) is 8.78 Å². The summed E-state index contributed by atoms with van der Waals surface area (Å²) in [4.78, 5) is 0. The third-order valence-electron chi connectivity index (χ3n) is 7.19. The quantitative estimate of drug-likeness (QED) is 0.129. The van der Waals surface area contributed by atoms with Gasteiger partial charge < -0.3 is 9.47 Å². The Hall–Kier alpha value is -3.02. The van der Waals surface area contributed by atoms with Gasteiger partial charge >= 0.3 is 0 Å². The summed E-state index contributed by atoms with van der Waals surface area (Å²) in [5.74, 6) is -4.32. The van der Waals surface area contributed by atoms with Crippen molar-refractivity contribution in [2.45, 2.75) is 104 Å². The first-order valence-corrected chi connectivity index (χ1v) is 14.7. The van der Waals surface area contributed by atoms with Gasteiger partial charge in [0, 0.05) is 11.1 Å². The fraction of sp³-hybridized carbons (Fsp3) is 0.471. The van der Waals surface area contributed by atoms with Crippen molar-refractivity contribution < 1.29 is 27.0 Å². The molecule has 0 heterocycles. The lowest BCUT2D eigenvalue weighted by Crippen LogP contribution is -2.13. The van der Waals surface area contributed by atoms with E-state index in [1.807, 2.05) is 13.8 Å². The highest BCUT2D eigenvalue weighted by molar-refractivity contribution is 5.72. The van der Waals surface area contributed by atoms with E-state index in [0.29, 0.717) is 11.1 Å². The van der Waals surface area contributed by atoms with Crippen LogP contribution in [-0.2, 0) is 0 Å². The molecule has 40 heavy (non-hydrogen) atoms. The number of rotatable bonds is 16. The van der Waals surface area contributed by atoms with Crippen LogP contribution in [0, 0.1) is 23.3 Å². The van der Waals surface area contributed by atoms with Crippen LogP contribution >= 0.6 is 0 Å². The predicted octanol–water partition coefficient (Wildman–Crippen LogP) is 11.1. The maximum atomic E-state index is 15.0. The van der Waals surface area contributed by atoms with Gasteiger partial charge in [0.05, 0.1) is 12.2 Å². The number of hydrogen-bond acceptors (Lipinski definition) is 2. The van der Waals surface area contributed by atoms with Crippen LogP contribution in [0.15, 0.2) is 48.5 Å². The first-order chi connectivity index (χ1) is 19.3. The molecule has 0 saturated carbocycles. The van der Waals surface area contributed by atoms with E-state index in [4.69, 9.17) is 9.47 Å². The Morgan fingerprint density at radius 2 is 0.875 bits per heavy atom. The van der Waals surface area contributed by atoms with Crippen LogP contribution in [0.25, 0.3) is 22.3 Å². The van der Waals surface area contributed by atoms with Crippen molar-refractivity contribution in [2.75, 3.05) is 0 Å². The first-order valence-electron chi connectivity index (χ1n) is 14.7. The molecule has 2 nitrogen and oxygen atoms in total. The summed E-state index contributed by atoms with van der Waals surface area (Å²) in [5, 5.41) is 0. The lowest BCUT2D eigenvalue weighted by atomic mass is 9.99. The van der Waals surface area contributed by atoms with Crippen LogP contribution < -0.4 is 9.47 Å². The molecule has 3 aromatic carbocycles. The highest BCUT2D eigenvalue weighted by Crippen LogP contribution is 2.34. The van der Waals surface area contributed by atoms with Gasteiger partial charge in [-0.1, -0.05) is 76.6 Å². The summed E-state index contributed by atoms with van der Waals surface area (Å²) < 4.78 is 70.9. The topological polar surface area (TPSA) is 18.5 Å². The molecule has 0 saturated heterocycles. The zero-order valence-corrected chi connectivity index (χ0v) is 24.2. The Bertz CT molecular complexity index is 1120. The molecule has 0 fully saturated rings. The van der Waals surface area contributed by atoms with E-state index in [9.17, 15) is 17.6 Å². The third-order valence-corrected chi connectivity index (χ3v) is 7.19. The fourth-order valence-electron chi connectivity index (χ4n) is 4.79. The highest BCUT2D eigenvalue weighted by Gasteiger charge is 2.20. The Labute approximate surface area is 236 Å². The second-order valence-corrected chi connectivity index (χ2v) is 10.6. The molecule has 0 aromatic heterocycles. The SMILES string of the molecule is CCCCCC[C@@H](C)Oc1ccc(-c2ccc(-c3ccc(O[C@H](C)CCCCCC)c(F)c3F)cc2)c(F)c1F. The summed E-state index contributed by atoms with van der Waals surface area (Å²) in [6.45, 7) is 7.98. The van der Waals surface area contributed by atoms with Crippen molar-refractivity contribution in [3.05, 3.63) is 71.8 Å². The first kappa shape index (κ1) is 31.5. The number of unbranched alkanes of at least 4 members (excludes halogenated alkanes) is 6. The summed E-state index contributed by atoms with van der Waals surface area (Å²) in [7, 11) is 0. The van der Waals surface area contributed by atoms with Crippen LogP contribution in [0.3, 0.4) is 0 Å². The summed E-state index contributed by atoms with van der Waals surface area (Å²) >= 11 is 0. The average Bonchev–Trinajstić information content (AvgIpc) is 2.95. The Morgan fingerprint density at radius 1 is 0.500 bits per heavy atom. The van der Waals surface area contributed by atoms with Crippen LogP contribution in [0.1, 0.15) is 91.9 Å². The second kappa shape index (κ2) is 15.7. The zero-order chi connectivity index (χ0) is 29.1. The molecule has 0 spiro atoms. The molecular weight excluding hydrogens is 516 g/mol. The highest BCUT2D eigenvalue weighted by atomic mass is 19.2. The van der Waals surface area contributed by atoms with E-state index >= 15 is 0 Å². The monoisotopic (exact) mass is 558 g/mol. The van der Waals surface area contributed by atoms with Crippen molar-refractivity contribution >= 4 is 0 Å². The smallest absolute Gasteiger partial charge is 0.201 e. The van der Waals surface area contributed by atoms with Gasteiger partial charge in [-0.05, 0) is 74.9 Å². The van der Waals surface area contributed by atoms with E-state index in [-0.39, 0.29) is 34.8 Å². The largest absolute Gasteiger partial charge is 0.488 e. The lowest BCUT2D eigenvalue weighted by Gasteiger charge is -2.17. The van der Waals surface area contributed by atoms with Gasteiger partial charge in [0.15, 0.2) is 23.1 Å². The molecule has 0 aliphatic carbocycles. The third kappa shape index (κ3) is 8.49. The van der Waals surface area contributed by atoms with Gasteiger partial charge in [0.1, 0.15) is 0 Å². The number of hydrogen-bond donors (Lipinski definition) is 0. The lowest BCUT2D eigenvalue weighted by molar-refractivity contribution is 0.195. The van der Waals surface area contributed by atoms with Crippen LogP contribution in [0.4, 0.5) is 17.6 Å². The average molecular weight is 559 g/mol. The molecule has 2 atom stereocenters. The molecule has 0 N–H and O–H groups in total. The molecule has 3 rings (SSSR count). The fourth-order valence-corrected chi connectivity index (χ4v) is 4.79. The Balaban J connectivity index is 1.69. The van der Waals surface area contributed by atoms with Gasteiger partial charge in [0.2, 0.25) is 11.6 Å². The van der Waals surface area contributed by atoms with E-state index in [1.165, 1.54) is 24.3 Å². The van der Waals surface area contributed by atoms with Crippen molar-refractivity contribution in [2.24, 2.45) is 0 Å². The molecule has 3 aromatic rings. The van der Waals surface area contributed by atoms with Gasteiger partial charge in [-0.15, -0.1) is 0 Å². The number of benzene rings is 3. The molecule has 6 heteroatoms. The van der Waals surface area contributed by atoms with Crippen LogP contribution in [0.2, 0.25) is 0 Å². The van der Waals surface area contributed by atoms with Gasteiger partial charge in [0.25, 0.3) is 0 Å². The number of ether oxygens (including phenoxy) is 2. The van der Waals surface area contributed by atoms with Crippen LogP contribution in [0.5, 0.6) is 11.5 Å². The van der Waals surface area contributed by atoms with E-state index < -0.39 is 23.3 Å². The summed E-state index contributed by atoms with van der Waals surface area (Å²) in [5.41, 5.74) is 0.958. The molecule has 0 aliphatic heterocycles. The minimum Gasteiger partial charge on any atom is -0.488 e.